The molecule has 0 aliphatic rings. The van der Waals surface area contributed by atoms with Gasteiger partial charge in [-0.05, 0) is 36.8 Å². The summed E-state index contributed by atoms with van der Waals surface area (Å²) in [6.45, 7) is 2.74. The molecule has 0 saturated carbocycles. The van der Waals surface area contributed by atoms with E-state index in [1.54, 1.807) is 24.6 Å². The van der Waals surface area contributed by atoms with Gasteiger partial charge in [-0.3, -0.25) is 4.99 Å². The van der Waals surface area contributed by atoms with Gasteiger partial charge in [0.15, 0.2) is 5.96 Å². The number of hydrogen-bond donors (Lipinski definition) is 2. The maximum atomic E-state index is 5.54. The van der Waals surface area contributed by atoms with Gasteiger partial charge in [-0.15, -0.1) is 11.3 Å². The number of benzene rings is 1. The smallest absolute Gasteiger partial charge is 0.236 e. The quantitative estimate of drug-likeness (QED) is 0.487. The minimum Gasteiger partial charge on any atom is -0.443 e. The third kappa shape index (κ3) is 5.20. The van der Waals surface area contributed by atoms with Gasteiger partial charge in [-0.25, -0.2) is 4.98 Å². The van der Waals surface area contributed by atoms with E-state index < -0.39 is 0 Å². The summed E-state index contributed by atoms with van der Waals surface area (Å²) in [4.78, 5) is 9.84. The van der Waals surface area contributed by atoms with Crippen LogP contribution in [0.3, 0.4) is 0 Å². The van der Waals surface area contributed by atoms with E-state index in [1.165, 1.54) is 5.56 Å². The number of rotatable bonds is 7. The Bertz CT molecular complexity index is 811. The first-order chi connectivity index (χ1) is 12.7. The van der Waals surface area contributed by atoms with Crippen LogP contribution in [0.4, 0.5) is 0 Å². The molecule has 2 aromatic heterocycles. The van der Waals surface area contributed by atoms with Crippen LogP contribution in [-0.4, -0.2) is 24.0 Å². The van der Waals surface area contributed by atoms with Gasteiger partial charge >= 0.3 is 0 Å². The number of hydrogen-bond acceptors (Lipinski definition) is 4. The van der Waals surface area contributed by atoms with Gasteiger partial charge in [0.2, 0.25) is 5.89 Å². The molecule has 2 N–H and O–H groups in total. The zero-order valence-electron chi connectivity index (χ0n) is 15.1. The molecule has 0 bridgehead atoms. The normalized spacial score (nSPS) is 12.8. The number of thiophene rings is 1. The Morgan fingerprint density at radius 3 is 2.81 bits per heavy atom. The van der Waals surface area contributed by atoms with Crippen LogP contribution in [-0.2, 0) is 13.0 Å². The van der Waals surface area contributed by atoms with E-state index in [0.29, 0.717) is 18.5 Å². The molecule has 1 unspecified atom stereocenters. The molecule has 0 radical (unpaired) electrons. The van der Waals surface area contributed by atoms with Crippen molar-refractivity contribution in [3.63, 3.8) is 0 Å². The monoisotopic (exact) mass is 368 g/mol. The van der Waals surface area contributed by atoms with Gasteiger partial charge in [0, 0.05) is 13.1 Å². The Balaban J connectivity index is 1.46. The third-order valence-electron chi connectivity index (χ3n) is 4.04. The van der Waals surface area contributed by atoms with E-state index in [0.717, 1.165) is 29.4 Å². The number of aliphatic imine (C=N–C) groups is 1. The van der Waals surface area contributed by atoms with Crippen molar-refractivity contribution in [3.05, 3.63) is 65.4 Å². The van der Waals surface area contributed by atoms with Gasteiger partial charge in [-0.1, -0.05) is 36.4 Å². The van der Waals surface area contributed by atoms with E-state index in [4.69, 9.17) is 4.42 Å². The van der Waals surface area contributed by atoms with Crippen molar-refractivity contribution in [2.24, 2.45) is 4.99 Å². The fraction of sp³-hybridized carbons (Fsp3) is 0.300. The van der Waals surface area contributed by atoms with Crippen LogP contribution in [0.5, 0.6) is 0 Å². The number of nitrogens with zero attached hydrogens (tertiary/aromatic N) is 2. The van der Waals surface area contributed by atoms with E-state index in [-0.39, 0.29) is 0 Å². The first-order valence-electron chi connectivity index (χ1n) is 8.74. The molecule has 0 aliphatic carbocycles. The van der Waals surface area contributed by atoms with E-state index in [1.807, 2.05) is 23.6 Å². The number of guanidine groups is 1. The second kappa shape index (κ2) is 9.20. The molecule has 0 spiro atoms. The third-order valence-corrected chi connectivity index (χ3v) is 4.89. The number of aryl methyl sites for hydroxylation is 1. The average molecular weight is 369 g/mol. The van der Waals surface area contributed by atoms with Crippen LogP contribution in [0.1, 0.15) is 24.6 Å². The molecule has 0 saturated heterocycles. The zero-order valence-corrected chi connectivity index (χ0v) is 15.9. The van der Waals surface area contributed by atoms with Gasteiger partial charge in [0.1, 0.15) is 6.26 Å². The molecule has 0 fully saturated rings. The van der Waals surface area contributed by atoms with Crippen molar-refractivity contribution in [1.82, 2.24) is 15.6 Å². The standard InChI is InChI=1S/C20H24N4OS/c1-15(10-11-16-7-4-3-5-8-16)23-20(21-2)22-13-17-14-25-19(24-17)18-9-6-12-26-18/h3-9,12,14-15H,10-11,13H2,1-2H3,(H2,21,22,23). The van der Waals surface area contributed by atoms with Crippen LogP contribution in [0.15, 0.2) is 63.5 Å². The molecular weight excluding hydrogens is 344 g/mol. The Labute approximate surface area is 158 Å². The molecule has 0 amide bonds. The van der Waals surface area contributed by atoms with Crippen LogP contribution in [0.2, 0.25) is 0 Å². The Kier molecular flexibility index (Phi) is 6.44. The van der Waals surface area contributed by atoms with Crippen molar-refractivity contribution in [2.45, 2.75) is 32.4 Å². The maximum absolute atomic E-state index is 5.54. The lowest BCUT2D eigenvalue weighted by atomic mass is 10.1. The summed E-state index contributed by atoms with van der Waals surface area (Å²) in [5, 5.41) is 8.73. The molecule has 26 heavy (non-hydrogen) atoms. The van der Waals surface area contributed by atoms with Crippen LogP contribution >= 0.6 is 11.3 Å². The molecule has 1 atom stereocenters. The summed E-state index contributed by atoms with van der Waals surface area (Å²) < 4.78 is 5.54. The number of oxazole rings is 1. The first kappa shape index (κ1) is 18.2. The zero-order chi connectivity index (χ0) is 18.2. The number of aromatic nitrogens is 1. The largest absolute Gasteiger partial charge is 0.443 e. The summed E-state index contributed by atoms with van der Waals surface area (Å²) in [5.74, 6) is 1.43. The van der Waals surface area contributed by atoms with E-state index in [2.05, 4.69) is 51.8 Å². The lowest BCUT2D eigenvalue weighted by Crippen LogP contribution is -2.42. The highest BCUT2D eigenvalue weighted by molar-refractivity contribution is 7.13. The second-order valence-corrected chi connectivity index (χ2v) is 7.06. The Hall–Kier alpha value is -2.60. The highest BCUT2D eigenvalue weighted by atomic mass is 32.1. The number of nitrogens with one attached hydrogen (secondary N) is 2. The average Bonchev–Trinajstić information content (AvgIpc) is 3.35. The predicted octanol–water partition coefficient (Wildman–Crippen LogP) is 4.09. The topological polar surface area (TPSA) is 62.5 Å². The molecule has 2 heterocycles. The predicted molar refractivity (Wildman–Crippen MR) is 107 cm³/mol. The van der Waals surface area contributed by atoms with Crippen molar-refractivity contribution < 1.29 is 4.42 Å². The fourth-order valence-electron chi connectivity index (χ4n) is 2.60. The summed E-state index contributed by atoms with van der Waals surface area (Å²) in [5.41, 5.74) is 2.21. The molecule has 6 heteroatoms. The van der Waals surface area contributed by atoms with Crippen molar-refractivity contribution in [3.8, 4) is 10.8 Å². The SMILES string of the molecule is CN=C(NCc1coc(-c2cccs2)n1)NC(C)CCc1ccccc1. The highest BCUT2D eigenvalue weighted by Crippen LogP contribution is 2.23. The highest BCUT2D eigenvalue weighted by Gasteiger charge is 2.09. The van der Waals surface area contributed by atoms with Crippen LogP contribution in [0.25, 0.3) is 10.8 Å². The molecule has 1 aromatic carbocycles. The van der Waals surface area contributed by atoms with Gasteiger partial charge in [0.25, 0.3) is 0 Å². The molecule has 0 aliphatic heterocycles. The maximum Gasteiger partial charge on any atom is 0.236 e. The minimum atomic E-state index is 0.320. The molecule has 136 valence electrons. The summed E-state index contributed by atoms with van der Waals surface area (Å²) >= 11 is 1.62. The van der Waals surface area contributed by atoms with Crippen molar-refractivity contribution in [2.75, 3.05) is 7.05 Å². The summed E-state index contributed by atoms with van der Waals surface area (Å²) in [6.07, 6.45) is 3.77. The Morgan fingerprint density at radius 1 is 1.23 bits per heavy atom. The summed E-state index contributed by atoms with van der Waals surface area (Å²) in [6, 6.07) is 14.8. The van der Waals surface area contributed by atoms with E-state index >= 15 is 0 Å². The molecule has 3 aromatic rings. The lowest BCUT2D eigenvalue weighted by molar-refractivity contribution is 0.572. The van der Waals surface area contributed by atoms with Gasteiger partial charge in [0.05, 0.1) is 17.1 Å². The van der Waals surface area contributed by atoms with Crippen LogP contribution < -0.4 is 10.6 Å². The van der Waals surface area contributed by atoms with Gasteiger partial charge in [-0.2, -0.15) is 0 Å². The van der Waals surface area contributed by atoms with Gasteiger partial charge < -0.3 is 15.1 Å². The van der Waals surface area contributed by atoms with Crippen molar-refractivity contribution >= 4 is 17.3 Å². The van der Waals surface area contributed by atoms with Crippen molar-refractivity contribution in [1.29, 1.82) is 0 Å². The van der Waals surface area contributed by atoms with Crippen LogP contribution in [0, 0.1) is 0 Å². The second-order valence-electron chi connectivity index (χ2n) is 6.12. The minimum absolute atomic E-state index is 0.320. The molecule has 5 nitrogen and oxygen atoms in total. The fourth-order valence-corrected chi connectivity index (χ4v) is 3.26. The molecule has 3 rings (SSSR count). The Morgan fingerprint density at radius 2 is 2.08 bits per heavy atom. The van der Waals surface area contributed by atoms with E-state index in [9.17, 15) is 0 Å². The summed E-state index contributed by atoms with van der Waals surface area (Å²) in [7, 11) is 1.78. The lowest BCUT2D eigenvalue weighted by Gasteiger charge is -2.17. The molecular formula is C20H24N4OS. The first-order valence-corrected chi connectivity index (χ1v) is 9.62.